The molecular formula is C16H30IN3O. The average Bonchev–Trinajstić information content (AvgIpc) is 2.95. The minimum absolute atomic E-state index is 0. The Morgan fingerprint density at radius 2 is 2.00 bits per heavy atom. The van der Waals surface area contributed by atoms with Crippen molar-refractivity contribution < 1.29 is 4.74 Å². The third-order valence-electron chi connectivity index (χ3n) is 5.57. The number of nitrogens with zero attached hydrogens (tertiary/aromatic N) is 2. The second-order valence-electron chi connectivity index (χ2n) is 8.07. The molecule has 3 fully saturated rings. The summed E-state index contributed by atoms with van der Waals surface area (Å²) in [6.07, 6.45) is 2.87. The van der Waals surface area contributed by atoms with Crippen molar-refractivity contribution in [3.63, 3.8) is 0 Å². The Bertz CT molecular complexity index is 422. The van der Waals surface area contributed by atoms with E-state index in [1.54, 1.807) is 0 Å². The third-order valence-corrected chi connectivity index (χ3v) is 5.57. The highest BCUT2D eigenvalue weighted by Gasteiger charge is 2.59. The van der Waals surface area contributed by atoms with Crippen molar-refractivity contribution >= 4 is 29.9 Å². The van der Waals surface area contributed by atoms with Gasteiger partial charge in [0, 0.05) is 44.1 Å². The van der Waals surface area contributed by atoms with Crippen LogP contribution in [0.25, 0.3) is 0 Å². The van der Waals surface area contributed by atoms with Crippen molar-refractivity contribution in [1.29, 1.82) is 0 Å². The fourth-order valence-electron chi connectivity index (χ4n) is 4.35. The zero-order chi connectivity index (χ0) is 14.5. The molecule has 3 atom stereocenters. The first kappa shape index (κ1) is 17.3. The van der Waals surface area contributed by atoms with E-state index in [0.29, 0.717) is 23.5 Å². The van der Waals surface area contributed by atoms with Gasteiger partial charge >= 0.3 is 0 Å². The van der Waals surface area contributed by atoms with Gasteiger partial charge in [0.25, 0.3) is 0 Å². The van der Waals surface area contributed by atoms with E-state index in [-0.39, 0.29) is 29.4 Å². The second kappa shape index (κ2) is 5.87. The van der Waals surface area contributed by atoms with Gasteiger partial charge in [-0.2, -0.15) is 0 Å². The Morgan fingerprint density at radius 1 is 1.29 bits per heavy atom. The van der Waals surface area contributed by atoms with E-state index in [1.807, 2.05) is 7.05 Å². The van der Waals surface area contributed by atoms with E-state index in [1.165, 1.54) is 12.8 Å². The lowest BCUT2D eigenvalue weighted by molar-refractivity contribution is -0.107. The van der Waals surface area contributed by atoms with Crippen LogP contribution in [-0.4, -0.2) is 49.7 Å². The van der Waals surface area contributed by atoms with Gasteiger partial charge in [-0.05, 0) is 18.3 Å². The maximum Gasteiger partial charge on any atom is 0.193 e. The summed E-state index contributed by atoms with van der Waals surface area (Å²) in [5.41, 5.74) is 0.623. The molecule has 1 saturated carbocycles. The highest BCUT2D eigenvalue weighted by Crippen LogP contribution is 2.52. The minimum atomic E-state index is 0. The Hall–Kier alpha value is -0.0400. The maximum atomic E-state index is 5.88. The number of fused-ring (bicyclic) bond motifs is 1. The molecule has 122 valence electrons. The van der Waals surface area contributed by atoms with Crippen molar-refractivity contribution in [3.8, 4) is 0 Å². The van der Waals surface area contributed by atoms with Gasteiger partial charge in [-0.25, -0.2) is 0 Å². The molecule has 3 rings (SSSR count). The van der Waals surface area contributed by atoms with Crippen LogP contribution in [0.5, 0.6) is 0 Å². The molecule has 2 aliphatic heterocycles. The predicted molar refractivity (Wildman–Crippen MR) is 97.3 cm³/mol. The van der Waals surface area contributed by atoms with Gasteiger partial charge in [0.05, 0.1) is 6.10 Å². The van der Waals surface area contributed by atoms with E-state index in [2.05, 4.69) is 42.9 Å². The number of guanidine groups is 1. The van der Waals surface area contributed by atoms with E-state index >= 15 is 0 Å². The van der Waals surface area contributed by atoms with Crippen LogP contribution in [0.1, 0.15) is 40.5 Å². The molecule has 1 N–H and O–H groups in total. The van der Waals surface area contributed by atoms with Crippen LogP contribution < -0.4 is 5.32 Å². The lowest BCUT2D eigenvalue weighted by Crippen LogP contribution is -2.68. The van der Waals surface area contributed by atoms with E-state index < -0.39 is 0 Å². The molecular weight excluding hydrogens is 377 g/mol. The summed E-state index contributed by atoms with van der Waals surface area (Å²) >= 11 is 0. The summed E-state index contributed by atoms with van der Waals surface area (Å²) in [7, 11) is 1.90. The molecule has 21 heavy (non-hydrogen) atoms. The first-order chi connectivity index (χ1) is 9.35. The fraction of sp³-hybridized carbons (Fsp3) is 0.938. The zero-order valence-corrected chi connectivity index (χ0v) is 16.3. The molecule has 0 radical (unpaired) electrons. The molecule has 0 aromatic heterocycles. The van der Waals surface area contributed by atoms with Crippen molar-refractivity contribution in [3.05, 3.63) is 0 Å². The quantitative estimate of drug-likeness (QED) is 0.413. The number of hydrogen-bond acceptors (Lipinski definition) is 2. The smallest absolute Gasteiger partial charge is 0.193 e. The van der Waals surface area contributed by atoms with Crippen LogP contribution in [-0.2, 0) is 4.74 Å². The number of hydrogen-bond donors (Lipinski definition) is 1. The predicted octanol–water partition coefficient (Wildman–Crippen LogP) is 2.73. The summed E-state index contributed by atoms with van der Waals surface area (Å²) in [6.45, 7) is 12.5. The molecule has 0 aromatic rings. The normalized spacial score (nSPS) is 36.7. The van der Waals surface area contributed by atoms with Gasteiger partial charge in [-0.15, -0.1) is 24.0 Å². The Labute approximate surface area is 146 Å². The Kier molecular flexibility index (Phi) is 4.84. The molecule has 4 nitrogen and oxygen atoms in total. The van der Waals surface area contributed by atoms with Gasteiger partial charge in [-0.3, -0.25) is 4.99 Å². The molecule has 0 bridgehead atoms. The van der Waals surface area contributed by atoms with E-state index in [0.717, 1.165) is 25.7 Å². The summed E-state index contributed by atoms with van der Waals surface area (Å²) < 4.78 is 5.88. The number of rotatable bonds is 1. The lowest BCUT2D eigenvalue weighted by Gasteiger charge is -2.55. The monoisotopic (exact) mass is 407 g/mol. The number of ether oxygens (including phenoxy) is 1. The first-order valence-corrected chi connectivity index (χ1v) is 7.95. The van der Waals surface area contributed by atoms with Crippen molar-refractivity contribution in [2.24, 2.45) is 21.7 Å². The molecule has 0 spiro atoms. The van der Waals surface area contributed by atoms with Crippen LogP contribution in [0.15, 0.2) is 4.99 Å². The molecule has 5 heteroatoms. The minimum Gasteiger partial charge on any atom is -0.377 e. The molecule has 2 heterocycles. The van der Waals surface area contributed by atoms with Crippen molar-refractivity contribution in [2.75, 3.05) is 26.7 Å². The first-order valence-electron chi connectivity index (χ1n) is 7.95. The molecule has 2 saturated heterocycles. The van der Waals surface area contributed by atoms with E-state index in [9.17, 15) is 0 Å². The average molecular weight is 407 g/mol. The number of likely N-dealkylation sites (tertiary alicyclic amines) is 1. The van der Waals surface area contributed by atoms with E-state index in [4.69, 9.17) is 4.74 Å². The number of halogens is 1. The molecule has 0 amide bonds. The zero-order valence-electron chi connectivity index (χ0n) is 14.0. The maximum absolute atomic E-state index is 5.88. The van der Waals surface area contributed by atoms with Gasteiger partial charge in [-0.1, -0.05) is 27.7 Å². The largest absolute Gasteiger partial charge is 0.377 e. The number of nitrogens with one attached hydrogen (secondary N) is 1. The Balaban J connectivity index is 0.00000161. The lowest BCUT2D eigenvalue weighted by atomic mass is 9.57. The van der Waals surface area contributed by atoms with Gasteiger partial charge in [0.1, 0.15) is 0 Å². The van der Waals surface area contributed by atoms with Crippen LogP contribution in [0.4, 0.5) is 0 Å². The standard InChI is InChI=1S/C16H29N3O.HI/c1-15(2)7-8-19(10-15)14(17-5)18-12-11-6-9-20-13(11)16(12,3)4;/h11-13H,6-10H2,1-5H3,(H,17,18);1H. The van der Waals surface area contributed by atoms with Crippen molar-refractivity contribution in [1.82, 2.24) is 10.2 Å². The van der Waals surface area contributed by atoms with Crippen LogP contribution in [0, 0.1) is 16.7 Å². The third kappa shape index (κ3) is 2.92. The Morgan fingerprint density at radius 3 is 2.57 bits per heavy atom. The van der Waals surface area contributed by atoms with Crippen LogP contribution in [0.2, 0.25) is 0 Å². The molecule has 1 aliphatic carbocycles. The van der Waals surface area contributed by atoms with Gasteiger partial charge < -0.3 is 15.0 Å². The summed E-state index contributed by atoms with van der Waals surface area (Å²) in [4.78, 5) is 6.94. The molecule has 0 aromatic carbocycles. The van der Waals surface area contributed by atoms with Crippen molar-refractivity contribution in [2.45, 2.75) is 52.7 Å². The number of aliphatic imine (C=N–C) groups is 1. The molecule has 3 aliphatic rings. The molecule has 3 unspecified atom stereocenters. The van der Waals surface area contributed by atoms with Gasteiger partial charge in [0.2, 0.25) is 0 Å². The highest BCUT2D eigenvalue weighted by molar-refractivity contribution is 14.0. The van der Waals surface area contributed by atoms with Crippen LogP contribution >= 0.6 is 24.0 Å². The topological polar surface area (TPSA) is 36.9 Å². The summed E-state index contributed by atoms with van der Waals surface area (Å²) in [6, 6.07) is 0.498. The van der Waals surface area contributed by atoms with Gasteiger partial charge in [0.15, 0.2) is 5.96 Å². The van der Waals surface area contributed by atoms with Crippen LogP contribution in [0.3, 0.4) is 0 Å². The summed E-state index contributed by atoms with van der Waals surface area (Å²) in [5.74, 6) is 1.75. The fourth-order valence-corrected chi connectivity index (χ4v) is 4.35. The SMILES string of the molecule is CN=C(NC1C2CCOC2C1(C)C)N1CCC(C)(C)C1.I. The highest BCUT2D eigenvalue weighted by atomic mass is 127. The summed E-state index contributed by atoms with van der Waals surface area (Å²) in [5, 5.41) is 3.74. The second-order valence-corrected chi connectivity index (χ2v) is 8.07.